The molecule has 7 heteroatoms. The normalized spacial score (nSPS) is 14.3. The molecule has 1 N–H and O–H groups in total. The van der Waals surface area contributed by atoms with E-state index in [1.165, 1.54) is 0 Å². The summed E-state index contributed by atoms with van der Waals surface area (Å²) in [6.07, 6.45) is 0.828. The maximum atomic E-state index is 11.1. The van der Waals surface area contributed by atoms with Crippen molar-refractivity contribution in [3.05, 3.63) is 34.3 Å². The molecule has 3 rings (SSSR count). The van der Waals surface area contributed by atoms with Gasteiger partial charge in [0.05, 0.1) is 12.3 Å². The summed E-state index contributed by atoms with van der Waals surface area (Å²) >= 11 is 6.96. The lowest BCUT2D eigenvalue weighted by atomic mass is 10.2. The fourth-order valence-corrected chi connectivity index (χ4v) is 3.23. The third-order valence-corrected chi connectivity index (χ3v) is 4.39. The van der Waals surface area contributed by atoms with Crippen LogP contribution in [0, 0.1) is 0 Å². The zero-order valence-corrected chi connectivity index (χ0v) is 11.9. The molecule has 2 heterocycles. The average molecular weight is 311 g/mol. The summed E-state index contributed by atoms with van der Waals surface area (Å²) in [6.45, 7) is 1.33. The highest BCUT2D eigenvalue weighted by Gasteiger charge is 2.23. The number of fused-ring (bicyclic) bond motifs is 1. The first-order chi connectivity index (χ1) is 9.66. The second kappa shape index (κ2) is 5.30. The van der Waals surface area contributed by atoms with Crippen molar-refractivity contribution in [1.82, 2.24) is 4.98 Å². The summed E-state index contributed by atoms with van der Waals surface area (Å²) < 4.78 is 5.67. The number of halogens is 1. The molecule has 1 aromatic heterocycles. The van der Waals surface area contributed by atoms with E-state index in [2.05, 4.69) is 4.98 Å². The molecule has 1 aliphatic heterocycles. The highest BCUT2D eigenvalue weighted by atomic mass is 35.5. The number of aromatic nitrogens is 1. The van der Waals surface area contributed by atoms with Crippen molar-refractivity contribution in [2.75, 3.05) is 18.1 Å². The fourth-order valence-electron chi connectivity index (χ4n) is 2.06. The summed E-state index contributed by atoms with van der Waals surface area (Å²) in [7, 11) is 0. The summed E-state index contributed by atoms with van der Waals surface area (Å²) in [5.41, 5.74) is 0.882. The third kappa shape index (κ3) is 2.32. The van der Waals surface area contributed by atoms with Crippen LogP contribution in [0.3, 0.4) is 0 Å². The van der Waals surface area contributed by atoms with E-state index in [4.69, 9.17) is 21.4 Å². The zero-order chi connectivity index (χ0) is 14.1. The molecule has 5 nitrogen and oxygen atoms in total. The van der Waals surface area contributed by atoms with Crippen LogP contribution in [0.5, 0.6) is 5.75 Å². The molecule has 1 aromatic carbocycles. The van der Waals surface area contributed by atoms with Crippen LogP contribution in [-0.2, 0) is 0 Å². The molecule has 104 valence electrons. The number of nitrogens with zero attached hydrogens (tertiary/aromatic N) is 2. The van der Waals surface area contributed by atoms with E-state index in [-0.39, 0.29) is 10.0 Å². The summed E-state index contributed by atoms with van der Waals surface area (Å²) in [4.78, 5) is 17.3. The third-order valence-electron chi connectivity index (χ3n) is 2.94. The first kappa shape index (κ1) is 13.2. The fraction of sp³-hybridized carbons (Fsp3) is 0.231. The van der Waals surface area contributed by atoms with Crippen LogP contribution in [0.2, 0.25) is 5.15 Å². The van der Waals surface area contributed by atoms with Crippen LogP contribution < -0.4 is 9.64 Å². The van der Waals surface area contributed by atoms with Gasteiger partial charge in [0, 0.05) is 6.54 Å². The highest BCUT2D eigenvalue weighted by Crippen LogP contribution is 2.39. The molecule has 0 amide bonds. The van der Waals surface area contributed by atoms with Crippen molar-refractivity contribution in [3.63, 3.8) is 0 Å². The minimum absolute atomic E-state index is 0.0279. The van der Waals surface area contributed by atoms with E-state index < -0.39 is 5.97 Å². The predicted molar refractivity (Wildman–Crippen MR) is 77.6 cm³/mol. The number of carboxylic acid groups (broad SMARTS) is 1. The molecule has 0 bridgehead atoms. The summed E-state index contributed by atoms with van der Waals surface area (Å²) in [5, 5.41) is 9.67. The summed E-state index contributed by atoms with van der Waals surface area (Å²) in [5.74, 6) is -0.286. The van der Waals surface area contributed by atoms with Gasteiger partial charge in [-0.3, -0.25) is 0 Å². The molecular weight excluding hydrogens is 300 g/mol. The number of rotatable bonds is 2. The Bertz CT molecular complexity index is 659. The molecule has 0 aliphatic carbocycles. The second-order valence-electron chi connectivity index (χ2n) is 4.24. The Balaban J connectivity index is 2.05. The van der Waals surface area contributed by atoms with Gasteiger partial charge < -0.3 is 14.7 Å². The smallest absolute Gasteiger partial charge is 0.349 e. The summed E-state index contributed by atoms with van der Waals surface area (Å²) in [6, 6.07) is 7.63. The van der Waals surface area contributed by atoms with E-state index in [0.29, 0.717) is 18.3 Å². The average Bonchev–Trinajstić information content (AvgIpc) is 2.70. The van der Waals surface area contributed by atoms with Crippen molar-refractivity contribution in [2.45, 2.75) is 6.42 Å². The molecule has 0 fully saturated rings. The quantitative estimate of drug-likeness (QED) is 0.921. The number of carbonyl (C=O) groups is 1. The Morgan fingerprint density at radius 1 is 1.45 bits per heavy atom. The number of aromatic carboxylic acids is 1. The monoisotopic (exact) mass is 310 g/mol. The van der Waals surface area contributed by atoms with Crippen LogP contribution in [0.1, 0.15) is 16.1 Å². The lowest BCUT2D eigenvalue weighted by molar-refractivity contribution is 0.0702. The number of ether oxygens (including phenoxy) is 1. The van der Waals surface area contributed by atoms with Gasteiger partial charge in [-0.1, -0.05) is 35.1 Å². The van der Waals surface area contributed by atoms with Gasteiger partial charge in [0.25, 0.3) is 0 Å². The van der Waals surface area contributed by atoms with E-state index in [9.17, 15) is 4.79 Å². The second-order valence-corrected chi connectivity index (χ2v) is 5.58. The lowest BCUT2D eigenvalue weighted by Crippen LogP contribution is -2.17. The molecule has 2 aromatic rings. The first-order valence-electron chi connectivity index (χ1n) is 6.06. The van der Waals surface area contributed by atoms with E-state index in [1.807, 2.05) is 29.2 Å². The SMILES string of the molecule is O=C(O)c1sc(N2CCCOc3ccccc32)nc1Cl. The van der Waals surface area contributed by atoms with Crippen molar-refractivity contribution in [2.24, 2.45) is 0 Å². The number of hydrogen-bond acceptors (Lipinski definition) is 5. The topological polar surface area (TPSA) is 62.7 Å². The zero-order valence-electron chi connectivity index (χ0n) is 10.4. The Labute approximate surface area is 124 Å². The Hall–Kier alpha value is -1.79. The largest absolute Gasteiger partial charge is 0.491 e. The Morgan fingerprint density at radius 2 is 2.25 bits per heavy atom. The molecule has 0 spiro atoms. The Kier molecular flexibility index (Phi) is 3.50. The Morgan fingerprint density at radius 3 is 3.00 bits per heavy atom. The molecule has 0 saturated carbocycles. The van der Waals surface area contributed by atoms with Gasteiger partial charge in [-0.25, -0.2) is 9.78 Å². The molecule has 0 saturated heterocycles. The van der Waals surface area contributed by atoms with Gasteiger partial charge in [-0.2, -0.15) is 0 Å². The number of anilines is 2. The number of hydrogen-bond donors (Lipinski definition) is 1. The van der Waals surface area contributed by atoms with Crippen molar-refractivity contribution < 1.29 is 14.6 Å². The molecule has 20 heavy (non-hydrogen) atoms. The molecule has 0 unspecified atom stereocenters. The van der Waals surface area contributed by atoms with E-state index in [1.54, 1.807) is 0 Å². The molecule has 1 aliphatic rings. The van der Waals surface area contributed by atoms with Crippen molar-refractivity contribution in [3.8, 4) is 5.75 Å². The minimum Gasteiger partial charge on any atom is -0.491 e. The lowest BCUT2D eigenvalue weighted by Gasteiger charge is -2.20. The van der Waals surface area contributed by atoms with Gasteiger partial charge in [-0.05, 0) is 18.6 Å². The van der Waals surface area contributed by atoms with E-state index >= 15 is 0 Å². The maximum absolute atomic E-state index is 11.1. The van der Waals surface area contributed by atoms with Crippen LogP contribution in [0.15, 0.2) is 24.3 Å². The van der Waals surface area contributed by atoms with E-state index in [0.717, 1.165) is 29.2 Å². The predicted octanol–water partition coefficient (Wildman–Crippen LogP) is 3.42. The van der Waals surface area contributed by atoms with Gasteiger partial charge >= 0.3 is 5.97 Å². The van der Waals surface area contributed by atoms with Crippen molar-refractivity contribution in [1.29, 1.82) is 0 Å². The highest BCUT2D eigenvalue weighted by molar-refractivity contribution is 7.18. The van der Waals surface area contributed by atoms with Crippen molar-refractivity contribution >= 4 is 39.7 Å². The van der Waals surface area contributed by atoms with Crippen LogP contribution in [0.25, 0.3) is 0 Å². The van der Waals surface area contributed by atoms with Gasteiger partial charge in [0.2, 0.25) is 0 Å². The van der Waals surface area contributed by atoms with Crippen LogP contribution >= 0.6 is 22.9 Å². The number of carboxylic acids is 1. The first-order valence-corrected chi connectivity index (χ1v) is 7.25. The van der Waals surface area contributed by atoms with Crippen LogP contribution in [0.4, 0.5) is 10.8 Å². The van der Waals surface area contributed by atoms with Gasteiger partial charge in [0.1, 0.15) is 5.75 Å². The van der Waals surface area contributed by atoms with Gasteiger partial charge in [0.15, 0.2) is 15.2 Å². The molecule has 0 atom stereocenters. The number of thiazole rings is 1. The maximum Gasteiger partial charge on any atom is 0.349 e. The van der Waals surface area contributed by atoms with Crippen LogP contribution in [-0.4, -0.2) is 29.2 Å². The standard InChI is InChI=1S/C13H11ClN2O3S/c14-11-10(12(17)18)20-13(15-11)16-6-3-7-19-9-5-2-1-4-8(9)16/h1-2,4-5H,3,6-7H2,(H,17,18). The number of para-hydroxylation sites is 2. The molecule has 0 radical (unpaired) electrons. The van der Waals surface area contributed by atoms with Gasteiger partial charge in [-0.15, -0.1) is 0 Å². The molecular formula is C13H11ClN2O3S. The minimum atomic E-state index is -1.06. The number of benzene rings is 1.